The number of hydrogen-bond acceptors (Lipinski definition) is 7. The summed E-state index contributed by atoms with van der Waals surface area (Å²) in [5.74, 6) is 2.54. The first kappa shape index (κ1) is 22.2. The third kappa shape index (κ3) is 4.54. The highest BCUT2D eigenvalue weighted by Gasteiger charge is 2.29. The van der Waals surface area contributed by atoms with Crippen molar-refractivity contribution in [1.82, 2.24) is 14.9 Å². The third-order valence-electron chi connectivity index (χ3n) is 6.24. The van der Waals surface area contributed by atoms with Crippen LogP contribution in [0, 0.1) is 6.92 Å². The first-order valence-corrected chi connectivity index (χ1v) is 11.5. The number of rotatable bonds is 5. The Labute approximate surface area is 199 Å². The minimum Gasteiger partial charge on any atom is -0.497 e. The van der Waals surface area contributed by atoms with Gasteiger partial charge >= 0.3 is 0 Å². The summed E-state index contributed by atoms with van der Waals surface area (Å²) < 4.78 is 17.0. The smallest absolute Gasteiger partial charge is 0.254 e. The molecule has 176 valence electrons. The molecule has 1 amide bonds. The van der Waals surface area contributed by atoms with Crippen molar-refractivity contribution in [2.24, 2.45) is 0 Å². The molecule has 2 aliphatic rings. The van der Waals surface area contributed by atoms with E-state index in [1.54, 1.807) is 7.11 Å². The Bertz CT molecular complexity index is 1180. The Morgan fingerprint density at radius 2 is 1.71 bits per heavy atom. The van der Waals surface area contributed by atoms with Crippen LogP contribution in [-0.4, -0.2) is 60.7 Å². The van der Waals surface area contributed by atoms with E-state index in [0.717, 1.165) is 41.2 Å². The average molecular weight is 461 g/mol. The van der Waals surface area contributed by atoms with Crippen LogP contribution in [0.3, 0.4) is 0 Å². The molecule has 0 N–H and O–H groups in total. The molecule has 0 spiro atoms. The summed E-state index contributed by atoms with van der Waals surface area (Å²) in [6, 6.07) is 15.1. The van der Waals surface area contributed by atoms with Gasteiger partial charge in [-0.05, 0) is 42.8 Å². The van der Waals surface area contributed by atoms with Crippen molar-refractivity contribution in [3.05, 3.63) is 70.9 Å². The number of benzene rings is 2. The molecule has 3 heterocycles. The second-order valence-corrected chi connectivity index (χ2v) is 8.42. The van der Waals surface area contributed by atoms with Crippen molar-refractivity contribution < 1.29 is 19.0 Å². The van der Waals surface area contributed by atoms with E-state index >= 15 is 0 Å². The van der Waals surface area contributed by atoms with Gasteiger partial charge in [-0.2, -0.15) is 4.98 Å². The van der Waals surface area contributed by atoms with Gasteiger partial charge in [-0.3, -0.25) is 4.79 Å². The maximum absolute atomic E-state index is 13.3. The highest BCUT2D eigenvalue weighted by molar-refractivity contribution is 5.95. The minimum absolute atomic E-state index is 0.0106. The molecular formula is C26H28N4O4. The molecule has 0 radical (unpaired) electrons. The zero-order valence-corrected chi connectivity index (χ0v) is 19.5. The Kier molecular flexibility index (Phi) is 6.31. The standard InChI is InChI=1S/C26H28N4O4/c1-18-5-3-4-6-21(18)25(31)30-12-11-23-22(17-30)24(34-20-9-7-19(32-2)8-10-20)28-26(27-23)29-13-15-33-16-14-29/h3-10H,11-17H2,1-2H3. The predicted octanol–water partition coefficient (Wildman–Crippen LogP) is 3.62. The molecule has 8 heteroatoms. The van der Waals surface area contributed by atoms with Gasteiger partial charge in [0.05, 0.1) is 38.1 Å². The number of aryl methyl sites for hydroxylation is 1. The summed E-state index contributed by atoms with van der Waals surface area (Å²) >= 11 is 0. The molecule has 2 aromatic carbocycles. The molecule has 0 aliphatic carbocycles. The van der Waals surface area contributed by atoms with Crippen molar-refractivity contribution in [3.63, 3.8) is 0 Å². The van der Waals surface area contributed by atoms with Crippen LogP contribution < -0.4 is 14.4 Å². The molecular weight excluding hydrogens is 432 g/mol. The van der Waals surface area contributed by atoms with E-state index < -0.39 is 0 Å². The largest absolute Gasteiger partial charge is 0.497 e. The van der Waals surface area contributed by atoms with Gasteiger partial charge in [-0.25, -0.2) is 4.98 Å². The van der Waals surface area contributed by atoms with Crippen molar-refractivity contribution in [2.75, 3.05) is 44.9 Å². The van der Waals surface area contributed by atoms with E-state index in [0.29, 0.717) is 50.3 Å². The first-order chi connectivity index (χ1) is 16.6. The number of aromatic nitrogens is 2. The van der Waals surface area contributed by atoms with Crippen molar-refractivity contribution >= 4 is 11.9 Å². The van der Waals surface area contributed by atoms with Crippen LogP contribution in [0.2, 0.25) is 0 Å². The number of ether oxygens (including phenoxy) is 3. The van der Waals surface area contributed by atoms with Crippen LogP contribution in [-0.2, 0) is 17.7 Å². The number of hydrogen-bond donors (Lipinski definition) is 0. The Hall–Kier alpha value is -3.65. The Morgan fingerprint density at radius 1 is 0.971 bits per heavy atom. The van der Waals surface area contributed by atoms with Crippen LogP contribution in [0.25, 0.3) is 0 Å². The normalized spacial score (nSPS) is 15.6. The fraction of sp³-hybridized carbons (Fsp3) is 0.346. The third-order valence-corrected chi connectivity index (χ3v) is 6.24. The number of carbonyl (C=O) groups excluding carboxylic acids is 1. The quantitative estimate of drug-likeness (QED) is 0.576. The number of carbonyl (C=O) groups is 1. The molecule has 0 saturated carbocycles. The van der Waals surface area contributed by atoms with E-state index in [9.17, 15) is 4.79 Å². The zero-order chi connectivity index (χ0) is 23.5. The second kappa shape index (κ2) is 9.69. The van der Waals surface area contributed by atoms with E-state index in [2.05, 4.69) is 4.90 Å². The van der Waals surface area contributed by atoms with Crippen molar-refractivity contribution in [3.8, 4) is 17.4 Å². The van der Waals surface area contributed by atoms with Crippen LogP contribution in [0.15, 0.2) is 48.5 Å². The number of fused-ring (bicyclic) bond motifs is 1. The van der Waals surface area contributed by atoms with Gasteiger partial charge in [-0.1, -0.05) is 18.2 Å². The fourth-order valence-electron chi connectivity index (χ4n) is 4.27. The lowest BCUT2D eigenvalue weighted by Crippen LogP contribution is -2.39. The molecule has 0 atom stereocenters. The lowest BCUT2D eigenvalue weighted by molar-refractivity contribution is 0.0731. The summed E-state index contributed by atoms with van der Waals surface area (Å²) in [6.07, 6.45) is 0.645. The lowest BCUT2D eigenvalue weighted by atomic mass is 10.0. The second-order valence-electron chi connectivity index (χ2n) is 8.42. The molecule has 0 unspecified atom stereocenters. The number of methoxy groups -OCH3 is 1. The number of morpholine rings is 1. The van der Waals surface area contributed by atoms with Gasteiger partial charge in [0.25, 0.3) is 5.91 Å². The summed E-state index contributed by atoms with van der Waals surface area (Å²) in [5, 5.41) is 0. The van der Waals surface area contributed by atoms with Crippen LogP contribution in [0.4, 0.5) is 5.95 Å². The molecule has 5 rings (SSSR count). The molecule has 8 nitrogen and oxygen atoms in total. The molecule has 1 aromatic heterocycles. The highest BCUT2D eigenvalue weighted by atomic mass is 16.5. The van der Waals surface area contributed by atoms with Gasteiger partial charge in [-0.15, -0.1) is 0 Å². The summed E-state index contributed by atoms with van der Waals surface area (Å²) in [7, 11) is 1.63. The molecule has 0 bridgehead atoms. The Balaban J connectivity index is 1.48. The first-order valence-electron chi connectivity index (χ1n) is 11.5. The van der Waals surface area contributed by atoms with E-state index in [1.807, 2.05) is 60.4 Å². The van der Waals surface area contributed by atoms with Crippen LogP contribution >= 0.6 is 0 Å². The number of amides is 1. The van der Waals surface area contributed by atoms with Gasteiger partial charge in [0.1, 0.15) is 11.5 Å². The van der Waals surface area contributed by atoms with Gasteiger partial charge in [0, 0.05) is 31.6 Å². The number of anilines is 1. The Morgan fingerprint density at radius 3 is 2.44 bits per heavy atom. The maximum atomic E-state index is 13.3. The predicted molar refractivity (Wildman–Crippen MR) is 128 cm³/mol. The van der Waals surface area contributed by atoms with Crippen molar-refractivity contribution in [1.29, 1.82) is 0 Å². The monoisotopic (exact) mass is 460 g/mol. The number of nitrogens with zero attached hydrogens (tertiary/aromatic N) is 4. The average Bonchev–Trinajstić information content (AvgIpc) is 2.89. The maximum Gasteiger partial charge on any atom is 0.254 e. The van der Waals surface area contributed by atoms with E-state index in [4.69, 9.17) is 24.2 Å². The zero-order valence-electron chi connectivity index (χ0n) is 19.5. The molecule has 1 fully saturated rings. The SMILES string of the molecule is COc1ccc(Oc2nc(N3CCOCC3)nc3c2CN(C(=O)c2ccccc2C)CC3)cc1. The van der Waals surface area contributed by atoms with Gasteiger partial charge < -0.3 is 24.0 Å². The topological polar surface area (TPSA) is 77.0 Å². The summed E-state index contributed by atoms with van der Waals surface area (Å²) in [4.78, 5) is 26.9. The lowest BCUT2D eigenvalue weighted by Gasteiger charge is -2.32. The fourth-order valence-corrected chi connectivity index (χ4v) is 4.27. The minimum atomic E-state index is 0.0106. The highest BCUT2D eigenvalue weighted by Crippen LogP contribution is 2.33. The van der Waals surface area contributed by atoms with Gasteiger partial charge in [0.15, 0.2) is 0 Å². The molecule has 3 aromatic rings. The van der Waals surface area contributed by atoms with E-state index in [-0.39, 0.29) is 5.91 Å². The molecule has 34 heavy (non-hydrogen) atoms. The summed E-state index contributed by atoms with van der Waals surface area (Å²) in [6.45, 7) is 5.72. The molecule has 1 saturated heterocycles. The van der Waals surface area contributed by atoms with Crippen LogP contribution in [0.5, 0.6) is 17.4 Å². The van der Waals surface area contributed by atoms with Crippen molar-refractivity contribution in [2.45, 2.75) is 19.9 Å². The summed E-state index contributed by atoms with van der Waals surface area (Å²) in [5.41, 5.74) is 3.45. The van der Waals surface area contributed by atoms with Crippen LogP contribution in [0.1, 0.15) is 27.2 Å². The molecule has 2 aliphatic heterocycles. The van der Waals surface area contributed by atoms with E-state index in [1.165, 1.54) is 0 Å². The van der Waals surface area contributed by atoms with Gasteiger partial charge in [0.2, 0.25) is 11.8 Å².